The van der Waals surface area contributed by atoms with Crippen molar-refractivity contribution in [1.82, 2.24) is 9.88 Å². The van der Waals surface area contributed by atoms with Gasteiger partial charge in [-0.05, 0) is 100.0 Å². The normalized spacial score (nSPS) is 19.9. The van der Waals surface area contributed by atoms with Crippen molar-refractivity contribution in [3.05, 3.63) is 57.9 Å². The van der Waals surface area contributed by atoms with E-state index in [9.17, 15) is 15.0 Å². The number of aliphatic carboxylic acids is 1. The molecule has 0 amide bonds. The van der Waals surface area contributed by atoms with Crippen LogP contribution in [0.2, 0.25) is 0 Å². The van der Waals surface area contributed by atoms with Gasteiger partial charge in [0.15, 0.2) is 0 Å². The molecule has 1 aliphatic heterocycles. The largest absolute Gasteiger partial charge is 0.497 e. The number of aliphatic hydroxyl groups excluding tert-OH is 1. The van der Waals surface area contributed by atoms with Crippen LogP contribution in [-0.4, -0.2) is 52.8 Å². The fraction of sp³-hybridized carbons (Fsp3) is 0.481. The zero-order valence-corrected chi connectivity index (χ0v) is 20.8. The summed E-state index contributed by atoms with van der Waals surface area (Å²) in [5.41, 5.74) is 1.63. The second-order valence-electron chi connectivity index (χ2n) is 9.29. The lowest BCUT2D eigenvalue weighted by molar-refractivity contribution is -0.146. The van der Waals surface area contributed by atoms with Gasteiger partial charge in [0.2, 0.25) is 0 Å². The van der Waals surface area contributed by atoms with E-state index in [4.69, 9.17) is 4.74 Å². The van der Waals surface area contributed by atoms with Gasteiger partial charge in [-0.15, -0.1) is 11.3 Å². The van der Waals surface area contributed by atoms with Crippen LogP contribution in [-0.2, 0) is 11.2 Å². The molecular formula is C27H34N2O4S. The Bertz CT molecular complexity index is 1110. The second-order valence-corrected chi connectivity index (χ2v) is 10.7. The lowest BCUT2D eigenvalue weighted by Gasteiger charge is -2.37. The molecule has 0 saturated carbocycles. The van der Waals surface area contributed by atoms with Gasteiger partial charge in [-0.1, -0.05) is 0 Å². The first-order valence-corrected chi connectivity index (χ1v) is 12.9. The number of pyridine rings is 1. The summed E-state index contributed by atoms with van der Waals surface area (Å²) in [7, 11) is 1.62. The number of rotatable bonds is 10. The smallest absolute Gasteiger partial charge is 0.308 e. The van der Waals surface area contributed by atoms with E-state index < -0.39 is 12.1 Å². The minimum Gasteiger partial charge on any atom is -0.497 e. The van der Waals surface area contributed by atoms with Gasteiger partial charge in [0, 0.05) is 27.9 Å². The molecule has 3 heterocycles. The van der Waals surface area contributed by atoms with Gasteiger partial charge < -0.3 is 19.8 Å². The average Bonchev–Trinajstić information content (AvgIpc) is 3.26. The fourth-order valence-corrected chi connectivity index (χ4v) is 6.02. The SMILES string of the molecule is COc1ccc2nccc([C@H](O)CC[C@@H]3CCN(CCCc4ccc(C)s4)C[C@@H]3C(=O)O)c2c1. The standard InChI is InChI=1S/C27H34N2O4S/c1-18-5-8-21(34-18)4-3-14-29-15-12-19(24(17-29)27(31)32)6-10-26(30)22-11-13-28-25-9-7-20(33-2)16-23(22)25/h5,7-9,11,13,16,19,24,26,30H,3-4,6,10,12,14-15,17H2,1-2H3,(H,31,32)/t19-,24+,26-/m1/s1. The lowest BCUT2D eigenvalue weighted by Crippen LogP contribution is -2.44. The van der Waals surface area contributed by atoms with E-state index in [1.807, 2.05) is 35.6 Å². The molecule has 0 unspecified atom stereocenters. The van der Waals surface area contributed by atoms with E-state index in [2.05, 4.69) is 28.9 Å². The molecule has 0 spiro atoms. The van der Waals surface area contributed by atoms with Crippen LogP contribution in [0.5, 0.6) is 5.75 Å². The summed E-state index contributed by atoms with van der Waals surface area (Å²) in [6, 6.07) is 11.8. The maximum absolute atomic E-state index is 12.1. The summed E-state index contributed by atoms with van der Waals surface area (Å²) in [6.07, 6.45) is 5.22. The van der Waals surface area contributed by atoms with Gasteiger partial charge >= 0.3 is 5.97 Å². The lowest BCUT2D eigenvalue weighted by atomic mass is 9.81. The van der Waals surface area contributed by atoms with Crippen molar-refractivity contribution in [2.24, 2.45) is 11.8 Å². The molecule has 1 aromatic carbocycles. The van der Waals surface area contributed by atoms with E-state index >= 15 is 0 Å². The third-order valence-corrected chi connectivity index (χ3v) is 8.06. The van der Waals surface area contributed by atoms with Crippen molar-refractivity contribution in [1.29, 1.82) is 0 Å². The number of carboxylic acids is 1. The Morgan fingerprint density at radius 2 is 2.15 bits per heavy atom. The molecule has 0 aliphatic carbocycles. The van der Waals surface area contributed by atoms with Crippen LogP contribution in [0.15, 0.2) is 42.6 Å². The molecule has 1 aliphatic rings. The van der Waals surface area contributed by atoms with Gasteiger partial charge in [-0.25, -0.2) is 0 Å². The zero-order valence-electron chi connectivity index (χ0n) is 19.9. The molecule has 2 N–H and O–H groups in total. The summed E-state index contributed by atoms with van der Waals surface area (Å²) in [5, 5.41) is 21.8. The highest BCUT2D eigenvalue weighted by molar-refractivity contribution is 7.11. The number of piperidine rings is 1. The van der Waals surface area contributed by atoms with E-state index in [1.165, 1.54) is 9.75 Å². The topological polar surface area (TPSA) is 82.9 Å². The number of carbonyl (C=O) groups is 1. The minimum atomic E-state index is -0.725. The van der Waals surface area contributed by atoms with Crippen LogP contribution in [0.4, 0.5) is 0 Å². The molecular weight excluding hydrogens is 448 g/mol. The monoisotopic (exact) mass is 482 g/mol. The zero-order chi connectivity index (χ0) is 24.1. The maximum Gasteiger partial charge on any atom is 0.308 e. The van der Waals surface area contributed by atoms with Crippen LogP contribution in [0.25, 0.3) is 10.9 Å². The Balaban J connectivity index is 1.33. The number of carboxylic acid groups (broad SMARTS) is 1. The molecule has 0 radical (unpaired) electrons. The quantitative estimate of drug-likeness (QED) is 0.419. The molecule has 1 saturated heterocycles. The van der Waals surface area contributed by atoms with Crippen molar-refractivity contribution in [3.8, 4) is 5.75 Å². The highest BCUT2D eigenvalue weighted by atomic mass is 32.1. The van der Waals surface area contributed by atoms with E-state index in [0.29, 0.717) is 19.4 Å². The Morgan fingerprint density at radius 1 is 1.29 bits per heavy atom. The third kappa shape index (κ3) is 5.95. The van der Waals surface area contributed by atoms with Gasteiger partial charge in [0.1, 0.15) is 5.75 Å². The van der Waals surface area contributed by atoms with Crippen LogP contribution in [0.1, 0.15) is 47.1 Å². The number of benzene rings is 1. The van der Waals surface area contributed by atoms with Crippen molar-refractivity contribution < 1.29 is 19.7 Å². The summed E-state index contributed by atoms with van der Waals surface area (Å²) < 4.78 is 5.34. The molecule has 4 rings (SSSR count). The van der Waals surface area contributed by atoms with Gasteiger partial charge in [0.05, 0.1) is 24.6 Å². The van der Waals surface area contributed by atoms with E-state index in [0.717, 1.165) is 54.6 Å². The first-order valence-electron chi connectivity index (χ1n) is 12.1. The van der Waals surface area contributed by atoms with Gasteiger partial charge in [0.25, 0.3) is 0 Å². The summed E-state index contributed by atoms with van der Waals surface area (Å²) in [6.45, 7) is 4.57. The number of thiophene rings is 1. The molecule has 3 aromatic rings. The number of methoxy groups -OCH3 is 1. The van der Waals surface area contributed by atoms with Crippen molar-refractivity contribution in [2.45, 2.75) is 45.1 Å². The van der Waals surface area contributed by atoms with Crippen LogP contribution < -0.4 is 4.74 Å². The fourth-order valence-electron chi connectivity index (χ4n) is 5.08. The molecule has 7 heteroatoms. The van der Waals surface area contributed by atoms with Crippen LogP contribution in [0.3, 0.4) is 0 Å². The van der Waals surface area contributed by atoms with E-state index in [-0.39, 0.29) is 11.8 Å². The molecule has 34 heavy (non-hydrogen) atoms. The molecule has 1 fully saturated rings. The van der Waals surface area contributed by atoms with Crippen LogP contribution >= 0.6 is 11.3 Å². The molecule has 6 nitrogen and oxygen atoms in total. The number of nitrogens with zero attached hydrogens (tertiary/aromatic N) is 2. The third-order valence-electron chi connectivity index (χ3n) is 7.00. The summed E-state index contributed by atoms with van der Waals surface area (Å²) >= 11 is 1.84. The number of likely N-dealkylation sites (tertiary alicyclic amines) is 1. The first kappa shape index (κ1) is 24.6. The number of fused-ring (bicyclic) bond motifs is 1. The number of aliphatic hydroxyl groups is 1. The van der Waals surface area contributed by atoms with Crippen molar-refractivity contribution >= 4 is 28.2 Å². The van der Waals surface area contributed by atoms with Crippen LogP contribution in [0, 0.1) is 18.8 Å². The number of hydrogen-bond donors (Lipinski definition) is 2. The Morgan fingerprint density at radius 3 is 2.88 bits per heavy atom. The maximum atomic E-state index is 12.1. The van der Waals surface area contributed by atoms with E-state index in [1.54, 1.807) is 13.3 Å². The summed E-state index contributed by atoms with van der Waals surface area (Å²) in [4.78, 5) is 21.5. The Hall–Kier alpha value is -2.48. The highest BCUT2D eigenvalue weighted by Crippen LogP contribution is 2.34. The predicted molar refractivity (Wildman–Crippen MR) is 136 cm³/mol. The van der Waals surface area contributed by atoms with Crippen molar-refractivity contribution in [2.75, 3.05) is 26.7 Å². The number of hydrogen-bond acceptors (Lipinski definition) is 6. The number of ether oxygens (including phenoxy) is 1. The summed E-state index contributed by atoms with van der Waals surface area (Å²) in [5.74, 6) is -0.316. The first-order chi connectivity index (χ1) is 16.4. The Kier molecular flexibility index (Phi) is 8.19. The highest BCUT2D eigenvalue weighted by Gasteiger charge is 2.34. The average molecular weight is 483 g/mol. The number of aryl methyl sites for hydroxylation is 2. The Labute approximate surface area is 205 Å². The molecule has 2 aromatic heterocycles. The molecule has 0 bridgehead atoms. The molecule has 182 valence electrons. The van der Waals surface area contributed by atoms with Gasteiger partial charge in [-0.2, -0.15) is 0 Å². The van der Waals surface area contributed by atoms with Crippen molar-refractivity contribution in [3.63, 3.8) is 0 Å². The minimum absolute atomic E-state index is 0.0750. The number of aromatic nitrogens is 1. The van der Waals surface area contributed by atoms with Gasteiger partial charge in [-0.3, -0.25) is 9.78 Å². The predicted octanol–water partition coefficient (Wildman–Crippen LogP) is 5.08. The molecule has 3 atom stereocenters. The second kappa shape index (κ2) is 11.3.